The highest BCUT2D eigenvalue weighted by Gasteiger charge is 2.19. The quantitative estimate of drug-likeness (QED) is 0.437. The molecule has 0 atom stereocenters. The van der Waals surface area contributed by atoms with Gasteiger partial charge in [0.05, 0.1) is 12.7 Å². The number of aryl methyl sites for hydroxylation is 1. The minimum Gasteiger partial charge on any atom is -0.465 e. The van der Waals surface area contributed by atoms with Crippen LogP contribution in [-0.4, -0.2) is 48.6 Å². The number of nitrogens with one attached hydrogen (secondary N) is 2. The smallest absolute Gasteiger partial charge is 0.340 e. The van der Waals surface area contributed by atoms with Crippen molar-refractivity contribution >= 4 is 45.5 Å². The third-order valence-electron chi connectivity index (χ3n) is 3.83. The Hall–Kier alpha value is -1.67. The summed E-state index contributed by atoms with van der Waals surface area (Å²) in [6, 6.07) is 1.83. The average molecular weight is 370 g/mol. The molecule has 0 spiro atoms. The first-order chi connectivity index (χ1) is 11.5. The molecule has 0 bridgehead atoms. The second-order valence-corrected chi connectivity index (χ2v) is 7.06. The van der Waals surface area contributed by atoms with Crippen LogP contribution in [0.4, 0.5) is 5.00 Å². The molecule has 8 heteroatoms. The Morgan fingerprint density at radius 1 is 1.50 bits per heavy atom. The van der Waals surface area contributed by atoms with Crippen molar-refractivity contribution in [2.45, 2.75) is 32.6 Å². The van der Waals surface area contributed by atoms with Crippen LogP contribution in [0.1, 0.15) is 41.4 Å². The van der Waals surface area contributed by atoms with Gasteiger partial charge >= 0.3 is 5.97 Å². The summed E-state index contributed by atoms with van der Waals surface area (Å²) in [5.74, 6) is -0.132. The van der Waals surface area contributed by atoms with Gasteiger partial charge in [-0.15, -0.1) is 11.3 Å². The van der Waals surface area contributed by atoms with Crippen molar-refractivity contribution in [3.63, 3.8) is 0 Å². The fraction of sp³-hybridized carbons (Fsp3) is 0.562. The van der Waals surface area contributed by atoms with Crippen LogP contribution in [0.3, 0.4) is 0 Å². The number of methoxy groups -OCH3 is 1. The van der Waals surface area contributed by atoms with Crippen LogP contribution in [0.5, 0.6) is 0 Å². The molecule has 2 heterocycles. The van der Waals surface area contributed by atoms with Gasteiger partial charge in [0.25, 0.3) is 0 Å². The Balaban J connectivity index is 1.80. The zero-order valence-electron chi connectivity index (χ0n) is 14.0. The molecule has 0 saturated carbocycles. The molecule has 0 unspecified atom stereocenters. The molecule has 132 valence electrons. The SMILES string of the molecule is CCc1cc(C(=O)OC)c(NC(=S)NCCCN2CCCC2=O)s1. The molecule has 0 aromatic carbocycles. The average Bonchev–Trinajstić information content (AvgIpc) is 3.17. The number of nitrogens with zero attached hydrogens (tertiary/aromatic N) is 1. The Kier molecular flexibility index (Phi) is 6.99. The number of hydrogen-bond donors (Lipinski definition) is 2. The molecule has 0 radical (unpaired) electrons. The molecule has 1 aliphatic rings. The highest BCUT2D eigenvalue weighted by molar-refractivity contribution is 7.80. The minimum atomic E-state index is -0.371. The van der Waals surface area contributed by atoms with E-state index in [0.29, 0.717) is 28.6 Å². The number of amides is 1. The van der Waals surface area contributed by atoms with Gasteiger partial charge in [0, 0.05) is 30.9 Å². The minimum absolute atomic E-state index is 0.240. The van der Waals surface area contributed by atoms with E-state index in [4.69, 9.17) is 17.0 Å². The fourth-order valence-electron chi connectivity index (χ4n) is 2.53. The van der Waals surface area contributed by atoms with Crippen LogP contribution in [0.25, 0.3) is 0 Å². The van der Waals surface area contributed by atoms with Gasteiger partial charge in [-0.2, -0.15) is 0 Å². The summed E-state index contributed by atoms with van der Waals surface area (Å²) in [4.78, 5) is 26.3. The molecular weight excluding hydrogens is 346 g/mol. The number of hydrogen-bond acceptors (Lipinski definition) is 5. The number of esters is 1. The lowest BCUT2D eigenvalue weighted by Gasteiger charge is -2.16. The van der Waals surface area contributed by atoms with Crippen LogP contribution < -0.4 is 10.6 Å². The second kappa shape index (κ2) is 8.98. The van der Waals surface area contributed by atoms with Crippen LogP contribution in [0.15, 0.2) is 6.07 Å². The molecule has 1 aromatic heterocycles. The first-order valence-corrected chi connectivity index (χ1v) is 9.31. The summed E-state index contributed by atoms with van der Waals surface area (Å²) >= 11 is 6.79. The van der Waals surface area contributed by atoms with E-state index in [1.54, 1.807) is 0 Å². The van der Waals surface area contributed by atoms with E-state index in [1.807, 2.05) is 17.9 Å². The number of ether oxygens (including phenoxy) is 1. The van der Waals surface area contributed by atoms with Crippen LogP contribution in [-0.2, 0) is 16.0 Å². The van der Waals surface area contributed by atoms with E-state index in [-0.39, 0.29) is 11.9 Å². The Bertz CT molecular complexity index is 616. The predicted molar refractivity (Wildman–Crippen MR) is 99.7 cm³/mol. The highest BCUT2D eigenvalue weighted by Crippen LogP contribution is 2.29. The lowest BCUT2D eigenvalue weighted by atomic mass is 10.2. The predicted octanol–water partition coefficient (Wildman–Crippen LogP) is 2.40. The molecule has 1 saturated heterocycles. The summed E-state index contributed by atoms with van der Waals surface area (Å²) in [6.07, 6.45) is 3.31. The first kappa shape index (κ1) is 18.7. The number of carbonyl (C=O) groups is 2. The van der Waals surface area contributed by atoms with E-state index in [1.165, 1.54) is 18.4 Å². The topological polar surface area (TPSA) is 70.7 Å². The summed E-state index contributed by atoms with van der Waals surface area (Å²) in [7, 11) is 1.37. The number of likely N-dealkylation sites (tertiary alicyclic amines) is 1. The molecule has 6 nitrogen and oxygen atoms in total. The largest absolute Gasteiger partial charge is 0.465 e. The lowest BCUT2D eigenvalue weighted by Crippen LogP contribution is -2.32. The van der Waals surface area contributed by atoms with E-state index in [0.717, 1.165) is 37.2 Å². The van der Waals surface area contributed by atoms with Gasteiger partial charge in [0.2, 0.25) is 5.91 Å². The van der Waals surface area contributed by atoms with Gasteiger partial charge in [-0.25, -0.2) is 4.79 Å². The molecule has 1 fully saturated rings. The van der Waals surface area contributed by atoms with Crippen LogP contribution >= 0.6 is 23.6 Å². The molecular formula is C16H23N3O3S2. The number of rotatable bonds is 7. The summed E-state index contributed by atoms with van der Waals surface area (Å²) in [6.45, 7) is 4.32. The van der Waals surface area contributed by atoms with E-state index in [9.17, 15) is 9.59 Å². The van der Waals surface area contributed by atoms with Crippen LogP contribution in [0.2, 0.25) is 0 Å². The third kappa shape index (κ3) is 4.91. The third-order valence-corrected chi connectivity index (χ3v) is 5.27. The normalized spacial score (nSPS) is 13.9. The van der Waals surface area contributed by atoms with Gasteiger partial charge in [0.15, 0.2) is 5.11 Å². The van der Waals surface area contributed by atoms with Crippen molar-refractivity contribution in [2.24, 2.45) is 0 Å². The van der Waals surface area contributed by atoms with Gasteiger partial charge < -0.3 is 20.3 Å². The van der Waals surface area contributed by atoms with E-state index < -0.39 is 0 Å². The monoisotopic (exact) mass is 369 g/mol. The maximum absolute atomic E-state index is 11.8. The Morgan fingerprint density at radius 3 is 2.92 bits per heavy atom. The summed E-state index contributed by atoms with van der Waals surface area (Å²) in [5, 5.41) is 7.36. The van der Waals surface area contributed by atoms with Crippen molar-refractivity contribution < 1.29 is 14.3 Å². The number of anilines is 1. The Morgan fingerprint density at radius 2 is 2.29 bits per heavy atom. The molecule has 24 heavy (non-hydrogen) atoms. The number of thiocarbonyl (C=S) groups is 1. The highest BCUT2D eigenvalue weighted by atomic mass is 32.1. The van der Waals surface area contributed by atoms with Gasteiger partial charge in [-0.1, -0.05) is 6.92 Å². The van der Waals surface area contributed by atoms with Crippen molar-refractivity contribution in [2.75, 3.05) is 32.1 Å². The lowest BCUT2D eigenvalue weighted by molar-refractivity contribution is -0.127. The van der Waals surface area contributed by atoms with E-state index in [2.05, 4.69) is 10.6 Å². The van der Waals surface area contributed by atoms with Gasteiger partial charge in [0.1, 0.15) is 5.00 Å². The summed E-state index contributed by atoms with van der Waals surface area (Å²) in [5.41, 5.74) is 0.506. The van der Waals surface area contributed by atoms with Crippen molar-refractivity contribution in [1.29, 1.82) is 0 Å². The number of carbonyl (C=O) groups excluding carboxylic acids is 2. The van der Waals surface area contributed by atoms with Crippen molar-refractivity contribution in [1.82, 2.24) is 10.2 Å². The summed E-state index contributed by atoms with van der Waals surface area (Å²) < 4.78 is 4.81. The Labute approximate surface area is 151 Å². The maximum Gasteiger partial charge on any atom is 0.340 e. The molecule has 1 amide bonds. The molecule has 0 aliphatic carbocycles. The zero-order valence-corrected chi connectivity index (χ0v) is 15.6. The number of thiophene rings is 1. The van der Waals surface area contributed by atoms with Crippen molar-refractivity contribution in [3.05, 3.63) is 16.5 Å². The van der Waals surface area contributed by atoms with Gasteiger partial charge in [-0.05, 0) is 37.5 Å². The van der Waals surface area contributed by atoms with E-state index >= 15 is 0 Å². The van der Waals surface area contributed by atoms with Gasteiger partial charge in [-0.3, -0.25) is 4.79 Å². The second-order valence-electron chi connectivity index (χ2n) is 5.52. The maximum atomic E-state index is 11.8. The van der Waals surface area contributed by atoms with Crippen LogP contribution in [0, 0.1) is 0 Å². The molecule has 2 rings (SSSR count). The molecule has 1 aliphatic heterocycles. The molecule has 1 aromatic rings. The molecule has 2 N–H and O–H groups in total. The first-order valence-electron chi connectivity index (χ1n) is 8.08. The van der Waals surface area contributed by atoms with Crippen molar-refractivity contribution in [3.8, 4) is 0 Å². The standard InChI is InChI=1S/C16H23N3O3S2/c1-3-11-10-12(15(21)22-2)14(24-11)18-16(23)17-7-5-9-19-8-4-6-13(19)20/h10H,3-9H2,1-2H3,(H2,17,18,23). The fourth-order valence-corrected chi connectivity index (χ4v) is 3.79. The zero-order chi connectivity index (χ0) is 17.5.